The molecule has 1 aromatic heterocycles. The fourth-order valence-electron chi connectivity index (χ4n) is 3.99. The number of aromatic amines is 1. The van der Waals surface area contributed by atoms with Crippen LogP contribution in [-0.2, 0) is 9.53 Å². The molecule has 0 atom stereocenters. The summed E-state index contributed by atoms with van der Waals surface area (Å²) in [6.45, 7) is 8.07. The van der Waals surface area contributed by atoms with Crippen LogP contribution < -0.4 is 0 Å². The summed E-state index contributed by atoms with van der Waals surface area (Å²) in [6.07, 6.45) is 6.29. The number of hydrogen-bond donors (Lipinski definition) is 1. The lowest BCUT2D eigenvalue weighted by molar-refractivity contribution is -0.131. The van der Waals surface area contributed by atoms with Gasteiger partial charge in [0.25, 0.3) is 0 Å². The average Bonchev–Trinajstić information content (AvgIpc) is 2.96. The van der Waals surface area contributed by atoms with Crippen LogP contribution in [0.1, 0.15) is 84.5 Å². The van der Waals surface area contributed by atoms with E-state index in [4.69, 9.17) is 4.74 Å². The molecule has 1 fully saturated rings. The highest BCUT2D eigenvalue weighted by atomic mass is 16.5. The Morgan fingerprint density at radius 3 is 2.37 bits per heavy atom. The monoisotopic (exact) mass is 376 g/mol. The quantitative estimate of drug-likeness (QED) is 0.553. The predicted octanol–water partition coefficient (Wildman–Crippen LogP) is 3.81. The highest BCUT2D eigenvalue weighted by Gasteiger charge is 2.27. The lowest BCUT2D eigenvalue weighted by atomic mass is 9.88. The Hall–Kier alpha value is -2.11. The Bertz CT molecular complexity index is 687. The Morgan fingerprint density at radius 2 is 1.78 bits per heavy atom. The number of ether oxygens (including phenoxy) is 1. The van der Waals surface area contributed by atoms with Crippen molar-refractivity contribution < 1.29 is 19.1 Å². The van der Waals surface area contributed by atoms with Crippen molar-refractivity contribution in [2.45, 2.75) is 66.2 Å². The number of nitrogens with one attached hydrogen (secondary N) is 1. The molecule has 0 saturated heterocycles. The van der Waals surface area contributed by atoms with Crippen molar-refractivity contribution in [3.05, 3.63) is 22.5 Å². The smallest absolute Gasteiger partial charge is 0.355 e. The standard InChI is InChI=1S/C21H32N2O4/c1-5-18(25)23(12-16-10-8-7-9-11-16)13-17(24)19-14(3)20(22-15(19)4)21(26)27-6-2/h16,22H,5-13H2,1-4H3. The van der Waals surface area contributed by atoms with Crippen molar-refractivity contribution in [2.24, 2.45) is 5.92 Å². The van der Waals surface area contributed by atoms with Crippen molar-refractivity contribution >= 4 is 17.7 Å². The minimum absolute atomic E-state index is 0.00498. The van der Waals surface area contributed by atoms with Crippen molar-refractivity contribution in [1.82, 2.24) is 9.88 Å². The maximum Gasteiger partial charge on any atom is 0.355 e. The summed E-state index contributed by atoms with van der Waals surface area (Å²) in [4.78, 5) is 42.1. The van der Waals surface area contributed by atoms with Gasteiger partial charge in [-0.15, -0.1) is 0 Å². The van der Waals surface area contributed by atoms with Crippen LogP contribution in [0.25, 0.3) is 0 Å². The largest absolute Gasteiger partial charge is 0.461 e. The summed E-state index contributed by atoms with van der Waals surface area (Å²) in [7, 11) is 0. The molecule has 27 heavy (non-hydrogen) atoms. The number of ketones is 1. The molecule has 1 heterocycles. The van der Waals surface area contributed by atoms with E-state index in [-0.39, 0.29) is 24.8 Å². The third-order valence-corrected chi connectivity index (χ3v) is 5.39. The Balaban J connectivity index is 2.16. The first-order valence-electron chi connectivity index (χ1n) is 10.1. The van der Waals surface area contributed by atoms with Crippen LogP contribution in [0.3, 0.4) is 0 Å². The molecule has 1 amide bonds. The molecule has 6 heteroatoms. The van der Waals surface area contributed by atoms with Crippen molar-refractivity contribution in [3.63, 3.8) is 0 Å². The van der Waals surface area contributed by atoms with Crippen LogP contribution in [0.5, 0.6) is 0 Å². The second-order valence-corrected chi connectivity index (χ2v) is 7.40. The molecule has 6 nitrogen and oxygen atoms in total. The van der Waals surface area contributed by atoms with Crippen molar-refractivity contribution in [2.75, 3.05) is 19.7 Å². The summed E-state index contributed by atoms with van der Waals surface area (Å²) in [5.41, 5.74) is 2.05. The molecule has 0 aliphatic heterocycles. The number of H-pyrrole nitrogens is 1. The van der Waals surface area contributed by atoms with E-state index in [1.54, 1.807) is 25.7 Å². The molecular weight excluding hydrogens is 344 g/mol. The fraction of sp³-hybridized carbons (Fsp3) is 0.667. The molecule has 0 aromatic carbocycles. The van der Waals surface area contributed by atoms with Crippen LogP contribution in [0.4, 0.5) is 0 Å². The zero-order chi connectivity index (χ0) is 20.0. The van der Waals surface area contributed by atoms with Gasteiger partial charge in [-0.3, -0.25) is 9.59 Å². The molecule has 1 aliphatic carbocycles. The zero-order valence-corrected chi connectivity index (χ0v) is 17.0. The summed E-state index contributed by atoms with van der Waals surface area (Å²) in [5, 5.41) is 0. The average molecular weight is 376 g/mol. The van der Waals surface area contributed by atoms with Gasteiger partial charge in [0.05, 0.1) is 13.2 Å². The number of Topliss-reactive ketones (excluding diaryl/α,β-unsaturated/α-hetero) is 1. The van der Waals surface area contributed by atoms with Crippen LogP contribution >= 0.6 is 0 Å². The second-order valence-electron chi connectivity index (χ2n) is 7.40. The molecule has 0 bridgehead atoms. The lowest BCUT2D eigenvalue weighted by Gasteiger charge is -2.29. The topological polar surface area (TPSA) is 79.5 Å². The zero-order valence-electron chi connectivity index (χ0n) is 17.0. The first-order chi connectivity index (χ1) is 12.9. The molecule has 1 saturated carbocycles. The van der Waals surface area contributed by atoms with E-state index in [0.29, 0.717) is 41.4 Å². The molecule has 1 aliphatic rings. The van der Waals surface area contributed by atoms with Gasteiger partial charge in [-0.1, -0.05) is 26.2 Å². The van der Waals surface area contributed by atoms with Gasteiger partial charge in [-0.05, 0) is 45.1 Å². The van der Waals surface area contributed by atoms with Crippen LogP contribution in [0, 0.1) is 19.8 Å². The number of rotatable bonds is 8. The Morgan fingerprint density at radius 1 is 1.11 bits per heavy atom. The number of hydrogen-bond acceptors (Lipinski definition) is 4. The Kier molecular flexibility index (Phi) is 7.63. The number of nitrogens with zero attached hydrogens (tertiary/aromatic N) is 1. The highest BCUT2D eigenvalue weighted by molar-refractivity contribution is 6.04. The van der Waals surface area contributed by atoms with Gasteiger partial charge in [0, 0.05) is 24.2 Å². The summed E-state index contributed by atoms with van der Waals surface area (Å²) in [6, 6.07) is 0. The van der Waals surface area contributed by atoms with Crippen LogP contribution in [-0.4, -0.2) is 47.2 Å². The van der Waals surface area contributed by atoms with Gasteiger partial charge in [-0.25, -0.2) is 4.79 Å². The maximum absolute atomic E-state index is 13.0. The molecule has 0 spiro atoms. The van der Waals surface area contributed by atoms with E-state index in [1.165, 1.54) is 19.3 Å². The van der Waals surface area contributed by atoms with Crippen LogP contribution in [0.15, 0.2) is 0 Å². The minimum Gasteiger partial charge on any atom is -0.461 e. The van der Waals surface area contributed by atoms with Crippen LogP contribution in [0.2, 0.25) is 0 Å². The number of esters is 1. The number of carbonyl (C=O) groups excluding carboxylic acids is 3. The van der Waals surface area contributed by atoms with Gasteiger partial charge in [-0.2, -0.15) is 0 Å². The summed E-state index contributed by atoms with van der Waals surface area (Å²) in [5.74, 6) is -0.105. The van der Waals surface area contributed by atoms with E-state index in [1.807, 2.05) is 6.92 Å². The fourth-order valence-corrected chi connectivity index (χ4v) is 3.99. The van der Waals surface area contributed by atoms with E-state index in [0.717, 1.165) is 12.8 Å². The van der Waals surface area contributed by atoms with Gasteiger partial charge >= 0.3 is 5.97 Å². The number of amides is 1. The van der Waals surface area contributed by atoms with Crippen molar-refractivity contribution in [1.29, 1.82) is 0 Å². The number of aryl methyl sites for hydroxylation is 1. The summed E-state index contributed by atoms with van der Waals surface area (Å²) < 4.78 is 5.05. The molecule has 150 valence electrons. The number of aromatic nitrogens is 1. The third kappa shape index (κ3) is 5.21. The molecule has 0 radical (unpaired) electrons. The minimum atomic E-state index is -0.458. The first-order valence-corrected chi connectivity index (χ1v) is 10.1. The van der Waals surface area contributed by atoms with Gasteiger partial charge in [0.1, 0.15) is 5.69 Å². The van der Waals surface area contributed by atoms with Gasteiger partial charge < -0.3 is 14.6 Å². The molecule has 1 N–H and O–H groups in total. The van der Waals surface area contributed by atoms with Gasteiger partial charge in [0.2, 0.25) is 5.91 Å². The van der Waals surface area contributed by atoms with E-state index in [9.17, 15) is 14.4 Å². The summed E-state index contributed by atoms with van der Waals surface area (Å²) >= 11 is 0. The maximum atomic E-state index is 13.0. The first kappa shape index (κ1) is 21.2. The van der Waals surface area contributed by atoms with E-state index >= 15 is 0 Å². The molecular formula is C21H32N2O4. The van der Waals surface area contributed by atoms with E-state index < -0.39 is 5.97 Å². The molecule has 2 rings (SSSR count). The molecule has 1 aromatic rings. The lowest BCUT2D eigenvalue weighted by Crippen LogP contribution is -2.39. The third-order valence-electron chi connectivity index (χ3n) is 5.39. The van der Waals surface area contributed by atoms with E-state index in [2.05, 4.69) is 4.98 Å². The van der Waals surface area contributed by atoms with Crippen molar-refractivity contribution in [3.8, 4) is 0 Å². The highest BCUT2D eigenvalue weighted by Crippen LogP contribution is 2.25. The number of carbonyl (C=O) groups is 3. The predicted molar refractivity (Wildman–Crippen MR) is 104 cm³/mol. The van der Waals surface area contributed by atoms with Gasteiger partial charge in [0.15, 0.2) is 5.78 Å². The second kappa shape index (κ2) is 9.72. The Labute approximate surface area is 161 Å². The SMILES string of the molecule is CCOC(=O)c1[nH]c(C)c(C(=O)CN(CC2CCCCC2)C(=O)CC)c1C. The normalized spacial score (nSPS) is 14.8. The molecule has 0 unspecified atom stereocenters.